The summed E-state index contributed by atoms with van der Waals surface area (Å²) in [6.07, 6.45) is 0.776. The number of hydrogen-bond acceptors (Lipinski definition) is 4. The van der Waals surface area contributed by atoms with Crippen LogP contribution in [0, 0.1) is 11.6 Å². The van der Waals surface area contributed by atoms with E-state index in [1.54, 1.807) is 30.3 Å². The van der Waals surface area contributed by atoms with Crippen LogP contribution in [0.25, 0.3) is 0 Å². The van der Waals surface area contributed by atoms with Crippen molar-refractivity contribution in [2.75, 3.05) is 12.0 Å². The third-order valence-corrected chi connectivity index (χ3v) is 5.23. The number of para-hydroxylation sites is 1. The van der Waals surface area contributed by atoms with Crippen molar-refractivity contribution < 1.29 is 23.0 Å². The third kappa shape index (κ3) is 4.88. The number of carbonyl (C=O) groups excluding carboxylic acids is 1. The molecule has 0 N–H and O–H groups in total. The van der Waals surface area contributed by atoms with E-state index < -0.39 is 23.3 Å². The van der Waals surface area contributed by atoms with Gasteiger partial charge >= 0.3 is 6.09 Å². The molecule has 9 heteroatoms. The lowest BCUT2D eigenvalue weighted by Crippen LogP contribution is -2.33. The normalized spacial score (nSPS) is 10.5. The van der Waals surface area contributed by atoms with Crippen LogP contribution in [0.4, 0.5) is 25.1 Å². The first-order valence-corrected chi connectivity index (χ1v) is 10.2. The Kier molecular flexibility index (Phi) is 7.42. The van der Waals surface area contributed by atoms with E-state index in [-0.39, 0.29) is 34.8 Å². The van der Waals surface area contributed by atoms with Crippen LogP contribution >= 0.6 is 15.9 Å². The van der Waals surface area contributed by atoms with Gasteiger partial charge in [0.05, 0.1) is 12.8 Å². The number of methoxy groups -OCH3 is 1. The van der Waals surface area contributed by atoms with Crippen LogP contribution in [0.15, 0.2) is 76.5 Å². The summed E-state index contributed by atoms with van der Waals surface area (Å²) in [4.78, 5) is 26.9. The van der Waals surface area contributed by atoms with E-state index in [1.165, 1.54) is 34.8 Å². The molecule has 0 radical (unpaired) electrons. The fourth-order valence-electron chi connectivity index (χ4n) is 2.98. The van der Waals surface area contributed by atoms with Crippen LogP contribution in [-0.4, -0.2) is 17.8 Å². The fraction of sp³-hybridized carbons (Fsp3) is 0.130. The summed E-state index contributed by atoms with van der Waals surface area (Å²) in [5, 5.41) is 0. The van der Waals surface area contributed by atoms with Crippen molar-refractivity contribution in [1.29, 1.82) is 0 Å². The quantitative estimate of drug-likeness (QED) is 0.395. The summed E-state index contributed by atoms with van der Waals surface area (Å²) in [6.45, 7) is 3.50. The molecule has 0 atom stereocenters. The van der Waals surface area contributed by atoms with E-state index >= 15 is 0 Å². The zero-order chi connectivity index (χ0) is 23.3. The molecule has 0 saturated heterocycles. The highest BCUT2D eigenvalue weighted by Crippen LogP contribution is 2.32. The summed E-state index contributed by atoms with van der Waals surface area (Å²) >= 11 is 3.22. The Morgan fingerprint density at radius 1 is 1.19 bits per heavy atom. The standard InChI is InChI=1S/C23H19BrF2N2O4/c1-3-11-27-20(28(23(30)31-2)17-7-5-4-6-8-17)13-19(21(24)22(27)29)32-14-15-9-10-16(25)12-18(15)26/h3-10,12-13H,1,11,14H2,2H3. The summed E-state index contributed by atoms with van der Waals surface area (Å²) in [7, 11) is 1.22. The second-order valence-corrected chi connectivity index (χ2v) is 7.34. The van der Waals surface area contributed by atoms with Crippen LogP contribution < -0.4 is 15.2 Å². The van der Waals surface area contributed by atoms with E-state index in [4.69, 9.17) is 9.47 Å². The van der Waals surface area contributed by atoms with Crippen LogP contribution in [0.2, 0.25) is 0 Å². The van der Waals surface area contributed by atoms with Crippen molar-refractivity contribution in [2.24, 2.45) is 0 Å². The summed E-state index contributed by atoms with van der Waals surface area (Å²) < 4.78 is 39.2. The predicted octanol–water partition coefficient (Wildman–Crippen LogP) is 5.56. The van der Waals surface area contributed by atoms with Crippen LogP contribution in [0.5, 0.6) is 5.75 Å². The maximum absolute atomic E-state index is 14.0. The second kappa shape index (κ2) is 10.2. The van der Waals surface area contributed by atoms with Gasteiger partial charge in [-0.3, -0.25) is 9.36 Å². The molecule has 1 aromatic heterocycles. The molecular formula is C23H19BrF2N2O4. The number of rotatable bonds is 7. The molecule has 0 unspecified atom stereocenters. The highest BCUT2D eigenvalue weighted by Gasteiger charge is 2.25. The van der Waals surface area contributed by atoms with Crippen LogP contribution in [-0.2, 0) is 17.9 Å². The minimum atomic E-state index is -0.776. The largest absolute Gasteiger partial charge is 0.487 e. The molecule has 6 nitrogen and oxygen atoms in total. The van der Waals surface area contributed by atoms with Gasteiger partial charge in [0.15, 0.2) is 0 Å². The van der Waals surface area contributed by atoms with Gasteiger partial charge in [0.1, 0.15) is 34.3 Å². The van der Waals surface area contributed by atoms with Crippen LogP contribution in [0.1, 0.15) is 5.56 Å². The van der Waals surface area contributed by atoms with E-state index in [0.29, 0.717) is 5.69 Å². The molecule has 3 rings (SSSR count). The molecule has 1 heterocycles. The number of halogens is 3. The lowest BCUT2D eigenvalue weighted by Gasteiger charge is -2.25. The number of hydrogen-bond donors (Lipinski definition) is 0. The Morgan fingerprint density at radius 3 is 2.53 bits per heavy atom. The lowest BCUT2D eigenvalue weighted by atomic mass is 10.2. The maximum atomic E-state index is 14.0. The number of nitrogens with zero attached hydrogens (tertiary/aromatic N) is 2. The smallest absolute Gasteiger partial charge is 0.419 e. The number of allylic oxidation sites excluding steroid dienone is 1. The topological polar surface area (TPSA) is 60.8 Å². The van der Waals surface area contributed by atoms with E-state index in [2.05, 4.69) is 22.5 Å². The van der Waals surface area contributed by atoms with Gasteiger partial charge in [0.2, 0.25) is 0 Å². The molecule has 0 saturated carbocycles. The summed E-state index contributed by atoms with van der Waals surface area (Å²) in [5.41, 5.74) is 0.0548. The van der Waals surface area contributed by atoms with E-state index in [1.807, 2.05) is 0 Å². The average molecular weight is 505 g/mol. The molecule has 0 aliphatic heterocycles. The van der Waals surface area contributed by atoms with Gasteiger partial charge in [0.25, 0.3) is 5.56 Å². The molecule has 0 fully saturated rings. The van der Waals surface area contributed by atoms with Gasteiger partial charge in [-0.25, -0.2) is 18.5 Å². The second-order valence-electron chi connectivity index (χ2n) is 6.55. The highest BCUT2D eigenvalue weighted by atomic mass is 79.9. The maximum Gasteiger partial charge on any atom is 0.419 e. The zero-order valence-electron chi connectivity index (χ0n) is 17.1. The van der Waals surface area contributed by atoms with Crippen LogP contribution in [0.3, 0.4) is 0 Å². The molecule has 2 aromatic carbocycles. The fourth-order valence-corrected chi connectivity index (χ4v) is 3.42. The van der Waals surface area contributed by atoms with Crippen molar-refractivity contribution in [3.8, 4) is 5.75 Å². The first-order chi connectivity index (χ1) is 15.4. The molecule has 0 aliphatic rings. The Morgan fingerprint density at radius 2 is 1.91 bits per heavy atom. The Hall–Kier alpha value is -3.46. The number of ether oxygens (including phenoxy) is 2. The Bertz CT molecular complexity index is 1200. The monoisotopic (exact) mass is 504 g/mol. The molecule has 32 heavy (non-hydrogen) atoms. The Labute approximate surface area is 191 Å². The molecular weight excluding hydrogens is 486 g/mol. The predicted molar refractivity (Wildman–Crippen MR) is 120 cm³/mol. The number of pyridine rings is 1. The first kappa shape index (κ1) is 23.2. The molecule has 0 aliphatic carbocycles. The third-order valence-electron chi connectivity index (χ3n) is 4.50. The number of aromatic nitrogens is 1. The van der Waals surface area contributed by atoms with E-state index in [9.17, 15) is 18.4 Å². The molecule has 166 valence electrons. The van der Waals surface area contributed by atoms with Gasteiger partial charge in [-0.2, -0.15) is 0 Å². The van der Waals surface area contributed by atoms with Gasteiger partial charge in [-0.1, -0.05) is 24.3 Å². The Balaban J connectivity index is 2.11. The minimum Gasteiger partial charge on any atom is -0.487 e. The molecule has 1 amide bonds. The average Bonchev–Trinajstić information content (AvgIpc) is 2.79. The van der Waals surface area contributed by atoms with Crippen molar-refractivity contribution in [3.63, 3.8) is 0 Å². The summed E-state index contributed by atoms with van der Waals surface area (Å²) in [5.74, 6) is -1.26. The molecule has 0 bridgehead atoms. The number of benzene rings is 2. The van der Waals surface area contributed by atoms with Crippen molar-refractivity contribution in [2.45, 2.75) is 13.2 Å². The summed E-state index contributed by atoms with van der Waals surface area (Å²) in [6, 6.07) is 13.2. The zero-order valence-corrected chi connectivity index (χ0v) is 18.6. The minimum absolute atomic E-state index is 0.0684. The lowest BCUT2D eigenvalue weighted by molar-refractivity contribution is 0.181. The van der Waals surface area contributed by atoms with Gasteiger partial charge in [-0.15, -0.1) is 6.58 Å². The van der Waals surface area contributed by atoms with Crippen molar-refractivity contribution >= 4 is 33.5 Å². The molecule has 0 spiro atoms. The van der Waals surface area contributed by atoms with Gasteiger partial charge < -0.3 is 9.47 Å². The molecule has 3 aromatic rings. The first-order valence-electron chi connectivity index (χ1n) is 9.41. The van der Waals surface area contributed by atoms with Crippen molar-refractivity contribution in [3.05, 3.63) is 99.3 Å². The number of anilines is 2. The SMILES string of the molecule is C=CCn1c(N(C(=O)OC)c2ccccc2)cc(OCc2ccc(F)cc2F)c(Br)c1=O. The number of amides is 1. The van der Waals surface area contributed by atoms with E-state index in [0.717, 1.165) is 12.1 Å². The highest BCUT2D eigenvalue weighted by molar-refractivity contribution is 9.10. The van der Waals surface area contributed by atoms with Crippen molar-refractivity contribution in [1.82, 2.24) is 4.57 Å². The number of carbonyl (C=O) groups is 1. The van der Waals surface area contributed by atoms with Gasteiger partial charge in [-0.05, 0) is 40.2 Å². The van der Waals surface area contributed by atoms with Gasteiger partial charge in [0, 0.05) is 24.2 Å².